The van der Waals surface area contributed by atoms with Crippen molar-refractivity contribution in [2.75, 3.05) is 14.1 Å². The minimum absolute atomic E-state index is 0.593. The molecule has 0 aliphatic carbocycles. The Morgan fingerprint density at radius 3 is 2.08 bits per heavy atom. The Bertz CT molecular complexity index is 176. The first-order chi connectivity index (χ1) is 5.63. The van der Waals surface area contributed by atoms with Gasteiger partial charge in [-0.1, -0.05) is 13.8 Å². The summed E-state index contributed by atoms with van der Waals surface area (Å²) < 4.78 is 0. The maximum Gasteiger partial charge on any atom is 0.0491 e. The maximum atomic E-state index is 2.30. The molecule has 0 aromatic carbocycles. The lowest BCUT2D eigenvalue weighted by Crippen LogP contribution is -2.35. The van der Waals surface area contributed by atoms with E-state index in [4.69, 9.17) is 0 Å². The van der Waals surface area contributed by atoms with Gasteiger partial charge in [0.15, 0.2) is 0 Å². The second-order valence-electron chi connectivity index (χ2n) is 3.45. The molecule has 1 aliphatic heterocycles. The molecule has 0 aromatic heterocycles. The molecule has 1 unspecified atom stereocenters. The summed E-state index contributed by atoms with van der Waals surface area (Å²) in [7, 11) is 4.31. The lowest BCUT2D eigenvalue weighted by Gasteiger charge is -2.27. The number of rotatable bonds is 2. The van der Waals surface area contributed by atoms with E-state index in [9.17, 15) is 0 Å². The first kappa shape index (κ1) is 9.59. The van der Waals surface area contributed by atoms with E-state index >= 15 is 0 Å². The number of hydrazine groups is 1. The van der Waals surface area contributed by atoms with Gasteiger partial charge in [0.2, 0.25) is 0 Å². The molecule has 2 nitrogen and oxygen atoms in total. The standard InChI is InChI=1S/C10H20N2/c1-6-9-8(3)11(4)12(5)10(9)7-2/h8H,6-7H2,1-5H3. The van der Waals surface area contributed by atoms with Crippen molar-refractivity contribution in [3.8, 4) is 0 Å². The monoisotopic (exact) mass is 168 g/mol. The summed E-state index contributed by atoms with van der Waals surface area (Å²) in [4.78, 5) is 0. The molecule has 0 bridgehead atoms. The molecule has 1 heterocycles. The van der Waals surface area contributed by atoms with Gasteiger partial charge in [0, 0.05) is 25.8 Å². The van der Waals surface area contributed by atoms with Gasteiger partial charge in [-0.05, 0) is 25.3 Å². The molecule has 0 saturated heterocycles. The Morgan fingerprint density at radius 1 is 1.17 bits per heavy atom. The van der Waals surface area contributed by atoms with E-state index < -0.39 is 0 Å². The molecule has 0 aromatic rings. The summed E-state index contributed by atoms with van der Waals surface area (Å²) in [5.41, 5.74) is 3.11. The van der Waals surface area contributed by atoms with Gasteiger partial charge in [0.1, 0.15) is 0 Å². The topological polar surface area (TPSA) is 6.48 Å². The van der Waals surface area contributed by atoms with Crippen LogP contribution in [0.2, 0.25) is 0 Å². The van der Waals surface area contributed by atoms with Crippen molar-refractivity contribution in [3.05, 3.63) is 11.3 Å². The van der Waals surface area contributed by atoms with Crippen molar-refractivity contribution in [2.45, 2.75) is 39.7 Å². The van der Waals surface area contributed by atoms with Crippen molar-refractivity contribution < 1.29 is 0 Å². The summed E-state index contributed by atoms with van der Waals surface area (Å²) in [5, 5.41) is 4.58. The molecule has 0 spiro atoms. The fraction of sp³-hybridized carbons (Fsp3) is 0.800. The van der Waals surface area contributed by atoms with Gasteiger partial charge in [-0.2, -0.15) is 0 Å². The highest BCUT2D eigenvalue weighted by Gasteiger charge is 2.28. The van der Waals surface area contributed by atoms with Crippen LogP contribution in [-0.2, 0) is 0 Å². The highest BCUT2D eigenvalue weighted by Crippen LogP contribution is 2.29. The third kappa shape index (κ3) is 1.24. The molecule has 1 aliphatic rings. The highest BCUT2D eigenvalue weighted by atomic mass is 15.6. The minimum atomic E-state index is 0.593. The first-order valence-corrected chi connectivity index (χ1v) is 4.81. The van der Waals surface area contributed by atoms with Crippen LogP contribution in [0.15, 0.2) is 11.3 Å². The van der Waals surface area contributed by atoms with Crippen LogP contribution >= 0.6 is 0 Å². The first-order valence-electron chi connectivity index (χ1n) is 4.81. The Hall–Kier alpha value is -0.500. The van der Waals surface area contributed by atoms with Crippen LogP contribution in [0.1, 0.15) is 33.6 Å². The number of nitrogens with zero attached hydrogens (tertiary/aromatic N) is 2. The molecule has 0 saturated carbocycles. The van der Waals surface area contributed by atoms with Gasteiger partial charge >= 0.3 is 0 Å². The molecular formula is C10H20N2. The van der Waals surface area contributed by atoms with Crippen molar-refractivity contribution >= 4 is 0 Å². The van der Waals surface area contributed by atoms with Gasteiger partial charge in [0.05, 0.1) is 0 Å². The van der Waals surface area contributed by atoms with E-state index in [2.05, 4.69) is 44.9 Å². The zero-order chi connectivity index (χ0) is 9.30. The number of hydrogen-bond donors (Lipinski definition) is 0. The lowest BCUT2D eigenvalue weighted by atomic mass is 10.0. The molecule has 0 amide bonds. The minimum Gasteiger partial charge on any atom is -0.313 e. The Balaban J connectivity index is 2.93. The second kappa shape index (κ2) is 3.48. The van der Waals surface area contributed by atoms with Crippen molar-refractivity contribution in [3.63, 3.8) is 0 Å². The summed E-state index contributed by atoms with van der Waals surface area (Å²) in [6.45, 7) is 6.75. The smallest absolute Gasteiger partial charge is 0.0491 e. The molecule has 1 rings (SSSR count). The number of allylic oxidation sites excluding steroid dienone is 1. The highest BCUT2D eigenvalue weighted by molar-refractivity contribution is 5.22. The molecule has 2 heteroatoms. The van der Waals surface area contributed by atoms with E-state index in [1.165, 1.54) is 12.1 Å². The molecular weight excluding hydrogens is 148 g/mol. The largest absolute Gasteiger partial charge is 0.313 e. The van der Waals surface area contributed by atoms with E-state index in [0.717, 1.165) is 6.42 Å². The molecule has 0 fully saturated rings. The van der Waals surface area contributed by atoms with Crippen LogP contribution in [-0.4, -0.2) is 30.2 Å². The SMILES string of the molecule is CCC1=C(CC)N(C)N(C)C1C. The predicted molar refractivity (Wildman–Crippen MR) is 52.6 cm³/mol. The second-order valence-corrected chi connectivity index (χ2v) is 3.45. The van der Waals surface area contributed by atoms with Gasteiger partial charge < -0.3 is 5.01 Å². The summed E-state index contributed by atoms with van der Waals surface area (Å²) in [6.07, 6.45) is 2.33. The molecule has 70 valence electrons. The fourth-order valence-electron chi connectivity index (χ4n) is 2.08. The van der Waals surface area contributed by atoms with E-state index in [0.29, 0.717) is 6.04 Å². The van der Waals surface area contributed by atoms with E-state index in [-0.39, 0.29) is 0 Å². The van der Waals surface area contributed by atoms with Crippen LogP contribution in [0, 0.1) is 0 Å². The van der Waals surface area contributed by atoms with Crippen molar-refractivity contribution in [1.29, 1.82) is 0 Å². The third-order valence-electron chi connectivity index (χ3n) is 3.02. The zero-order valence-corrected chi connectivity index (χ0v) is 8.89. The van der Waals surface area contributed by atoms with E-state index in [1.54, 1.807) is 5.57 Å². The van der Waals surface area contributed by atoms with Crippen LogP contribution in [0.3, 0.4) is 0 Å². The summed E-state index contributed by atoms with van der Waals surface area (Å²) in [5.74, 6) is 0. The average molecular weight is 168 g/mol. The number of likely N-dealkylation sites (N-methyl/N-ethyl adjacent to an activating group) is 1. The molecule has 0 radical (unpaired) electrons. The van der Waals surface area contributed by atoms with Crippen LogP contribution in [0.25, 0.3) is 0 Å². The predicted octanol–water partition coefficient (Wildman–Crippen LogP) is 2.24. The Kier molecular flexibility index (Phi) is 2.78. The van der Waals surface area contributed by atoms with Gasteiger partial charge in [-0.15, -0.1) is 0 Å². The van der Waals surface area contributed by atoms with Crippen molar-refractivity contribution in [2.24, 2.45) is 0 Å². The zero-order valence-electron chi connectivity index (χ0n) is 8.89. The third-order valence-corrected chi connectivity index (χ3v) is 3.02. The van der Waals surface area contributed by atoms with E-state index in [1.807, 2.05) is 0 Å². The van der Waals surface area contributed by atoms with Crippen LogP contribution < -0.4 is 0 Å². The quantitative estimate of drug-likeness (QED) is 0.624. The van der Waals surface area contributed by atoms with Gasteiger partial charge in [0.25, 0.3) is 0 Å². The average Bonchev–Trinajstić information content (AvgIpc) is 2.29. The molecule has 0 N–H and O–H groups in total. The fourth-order valence-corrected chi connectivity index (χ4v) is 2.08. The molecule has 12 heavy (non-hydrogen) atoms. The Morgan fingerprint density at radius 2 is 1.75 bits per heavy atom. The number of hydrogen-bond acceptors (Lipinski definition) is 2. The maximum absolute atomic E-state index is 2.30. The normalized spacial score (nSPS) is 25.8. The van der Waals surface area contributed by atoms with Gasteiger partial charge in [-0.3, -0.25) is 0 Å². The van der Waals surface area contributed by atoms with Gasteiger partial charge in [-0.25, -0.2) is 5.01 Å². The summed E-state index contributed by atoms with van der Waals surface area (Å²) >= 11 is 0. The lowest BCUT2D eigenvalue weighted by molar-refractivity contribution is 0.0651. The Labute approximate surface area is 75.8 Å². The molecule has 1 atom stereocenters. The summed E-state index contributed by atoms with van der Waals surface area (Å²) in [6, 6.07) is 0.593. The van der Waals surface area contributed by atoms with Crippen LogP contribution in [0.4, 0.5) is 0 Å². The van der Waals surface area contributed by atoms with Crippen molar-refractivity contribution in [1.82, 2.24) is 10.0 Å². The van der Waals surface area contributed by atoms with Crippen LogP contribution in [0.5, 0.6) is 0 Å².